The SMILES string of the molecule is c1ccc2c(c1)-c1cc3cc-3c1-2. The third-order valence-electron chi connectivity index (χ3n) is 2.85. The maximum Gasteiger partial charge on any atom is -0.00199 e. The molecule has 1 aromatic rings. The summed E-state index contributed by atoms with van der Waals surface area (Å²) in [5.41, 5.74) is 8.80. The molecular weight excluding hydrogens is 144 g/mol. The van der Waals surface area contributed by atoms with Crippen molar-refractivity contribution in [1.29, 1.82) is 0 Å². The maximum absolute atomic E-state index is 2.30. The van der Waals surface area contributed by atoms with Gasteiger partial charge >= 0.3 is 0 Å². The lowest BCUT2D eigenvalue weighted by molar-refractivity contribution is 1.58. The molecule has 54 valence electrons. The third-order valence-corrected chi connectivity index (χ3v) is 2.85. The van der Waals surface area contributed by atoms with Gasteiger partial charge < -0.3 is 0 Å². The van der Waals surface area contributed by atoms with Gasteiger partial charge in [0, 0.05) is 0 Å². The van der Waals surface area contributed by atoms with Crippen molar-refractivity contribution in [2.24, 2.45) is 0 Å². The predicted molar refractivity (Wildman–Crippen MR) is 49.9 cm³/mol. The zero-order valence-electron chi connectivity index (χ0n) is 6.46. The fourth-order valence-electron chi connectivity index (χ4n) is 2.20. The summed E-state index contributed by atoms with van der Waals surface area (Å²) in [6.07, 6.45) is 0. The van der Waals surface area contributed by atoms with Gasteiger partial charge in [-0.15, -0.1) is 0 Å². The molecule has 0 N–H and O–H groups in total. The molecule has 0 unspecified atom stereocenters. The van der Waals surface area contributed by atoms with E-state index in [1.54, 1.807) is 0 Å². The van der Waals surface area contributed by atoms with E-state index in [1.807, 2.05) is 0 Å². The Balaban J connectivity index is 2.16. The second-order valence-electron chi connectivity index (χ2n) is 3.49. The van der Waals surface area contributed by atoms with E-state index < -0.39 is 0 Å². The molecule has 0 aliphatic heterocycles. The molecule has 0 aromatic heterocycles. The van der Waals surface area contributed by atoms with Crippen LogP contribution in [0.3, 0.4) is 0 Å². The Morgan fingerprint density at radius 2 is 1.42 bits per heavy atom. The Morgan fingerprint density at radius 1 is 0.667 bits per heavy atom. The lowest BCUT2D eigenvalue weighted by Gasteiger charge is -2.19. The van der Waals surface area contributed by atoms with Gasteiger partial charge in [0.1, 0.15) is 0 Å². The van der Waals surface area contributed by atoms with Crippen LogP contribution >= 0.6 is 0 Å². The van der Waals surface area contributed by atoms with Crippen LogP contribution in [0, 0.1) is 0 Å². The summed E-state index contributed by atoms with van der Waals surface area (Å²) in [5, 5.41) is 0. The molecule has 0 heteroatoms. The monoisotopic (exact) mass is 150 g/mol. The summed E-state index contributed by atoms with van der Waals surface area (Å²) in [5.74, 6) is 0. The standard InChI is InChI=1S/C12H6/c1-2-4-9-8(3-1)11-6-7-5-10(7)12(9)11/h1-6H. The van der Waals surface area contributed by atoms with Crippen molar-refractivity contribution < 1.29 is 0 Å². The van der Waals surface area contributed by atoms with Crippen LogP contribution in [0.25, 0.3) is 33.4 Å². The minimum Gasteiger partial charge on any atom is -0.0616 e. The van der Waals surface area contributed by atoms with Gasteiger partial charge in [-0.1, -0.05) is 24.3 Å². The summed E-state index contributed by atoms with van der Waals surface area (Å²) < 4.78 is 0. The van der Waals surface area contributed by atoms with Gasteiger partial charge in [0.2, 0.25) is 0 Å². The Morgan fingerprint density at radius 3 is 2.33 bits per heavy atom. The summed E-state index contributed by atoms with van der Waals surface area (Å²) >= 11 is 0. The molecule has 0 saturated heterocycles. The highest BCUT2D eigenvalue weighted by atomic mass is 14.3. The highest BCUT2D eigenvalue weighted by Crippen LogP contribution is 2.59. The molecule has 0 heterocycles. The Kier molecular flexibility index (Phi) is 0.573. The van der Waals surface area contributed by atoms with Gasteiger partial charge in [-0.3, -0.25) is 0 Å². The molecule has 0 atom stereocenters. The summed E-state index contributed by atoms with van der Waals surface area (Å²) in [7, 11) is 0. The molecule has 4 rings (SSSR count). The fraction of sp³-hybridized carbons (Fsp3) is 0. The van der Waals surface area contributed by atoms with E-state index in [9.17, 15) is 0 Å². The van der Waals surface area contributed by atoms with E-state index in [0.717, 1.165) is 0 Å². The van der Waals surface area contributed by atoms with Crippen molar-refractivity contribution in [3.63, 3.8) is 0 Å². The van der Waals surface area contributed by atoms with Gasteiger partial charge in [0.15, 0.2) is 0 Å². The van der Waals surface area contributed by atoms with Crippen molar-refractivity contribution in [3.8, 4) is 33.4 Å². The van der Waals surface area contributed by atoms with E-state index in [1.165, 1.54) is 33.4 Å². The first-order valence-electron chi connectivity index (χ1n) is 4.23. The van der Waals surface area contributed by atoms with Gasteiger partial charge in [0.05, 0.1) is 0 Å². The van der Waals surface area contributed by atoms with Crippen LogP contribution in [0.5, 0.6) is 0 Å². The predicted octanol–water partition coefficient (Wildman–Crippen LogP) is 3.31. The first kappa shape index (κ1) is 5.15. The van der Waals surface area contributed by atoms with E-state index >= 15 is 0 Å². The van der Waals surface area contributed by atoms with Gasteiger partial charge in [-0.2, -0.15) is 0 Å². The molecule has 0 saturated carbocycles. The minimum atomic E-state index is 1.44. The molecule has 0 spiro atoms. The minimum absolute atomic E-state index is 1.44. The Bertz CT molecular complexity index is 522. The van der Waals surface area contributed by atoms with Crippen molar-refractivity contribution in [2.45, 2.75) is 0 Å². The second kappa shape index (κ2) is 1.34. The lowest BCUT2D eigenvalue weighted by atomic mass is 9.83. The fourth-order valence-corrected chi connectivity index (χ4v) is 2.20. The zero-order chi connectivity index (χ0) is 7.71. The average Bonchev–Trinajstić information content (AvgIpc) is 2.76. The maximum atomic E-state index is 2.30. The molecule has 0 fully saturated rings. The molecule has 3 aliphatic rings. The Hall–Kier alpha value is -1.56. The number of benzene rings is 2. The van der Waals surface area contributed by atoms with Crippen LogP contribution in [-0.2, 0) is 0 Å². The summed E-state index contributed by atoms with van der Waals surface area (Å²) in [4.78, 5) is 0. The first-order chi connectivity index (χ1) is 5.95. The number of fused-ring (bicyclic) bond motifs is 6. The van der Waals surface area contributed by atoms with E-state index in [-0.39, 0.29) is 0 Å². The van der Waals surface area contributed by atoms with Crippen molar-refractivity contribution in [2.75, 3.05) is 0 Å². The average molecular weight is 150 g/mol. The largest absolute Gasteiger partial charge is 0.0616 e. The summed E-state index contributed by atoms with van der Waals surface area (Å²) in [6, 6.07) is 13.2. The highest BCUT2D eigenvalue weighted by molar-refractivity contribution is 6.16. The molecule has 0 radical (unpaired) electrons. The van der Waals surface area contributed by atoms with Crippen LogP contribution in [-0.4, -0.2) is 0 Å². The molecule has 1 aromatic carbocycles. The van der Waals surface area contributed by atoms with Gasteiger partial charge in [0.25, 0.3) is 0 Å². The highest BCUT2D eigenvalue weighted by Gasteiger charge is 2.32. The topological polar surface area (TPSA) is 0 Å². The van der Waals surface area contributed by atoms with Crippen LogP contribution in [0.1, 0.15) is 0 Å². The van der Waals surface area contributed by atoms with Crippen molar-refractivity contribution in [1.82, 2.24) is 0 Å². The van der Waals surface area contributed by atoms with E-state index in [4.69, 9.17) is 0 Å². The van der Waals surface area contributed by atoms with E-state index in [0.29, 0.717) is 0 Å². The molecule has 0 amide bonds. The molecule has 0 bridgehead atoms. The van der Waals surface area contributed by atoms with Crippen LogP contribution in [0.4, 0.5) is 0 Å². The lowest BCUT2D eigenvalue weighted by Crippen LogP contribution is -1.93. The number of rotatable bonds is 0. The van der Waals surface area contributed by atoms with Crippen LogP contribution in [0.2, 0.25) is 0 Å². The number of hydrogen-bond donors (Lipinski definition) is 0. The third kappa shape index (κ3) is 0.372. The molecular formula is C12H6. The molecule has 3 aliphatic carbocycles. The quantitative estimate of drug-likeness (QED) is 0.360. The van der Waals surface area contributed by atoms with E-state index in [2.05, 4.69) is 36.4 Å². The smallest absolute Gasteiger partial charge is 0.00199 e. The molecule has 12 heavy (non-hydrogen) atoms. The Labute approximate surface area is 70.5 Å². The van der Waals surface area contributed by atoms with Gasteiger partial charge in [-0.25, -0.2) is 0 Å². The van der Waals surface area contributed by atoms with Gasteiger partial charge in [-0.05, 0) is 45.5 Å². The summed E-state index contributed by atoms with van der Waals surface area (Å²) in [6.45, 7) is 0. The second-order valence-corrected chi connectivity index (χ2v) is 3.49. The van der Waals surface area contributed by atoms with Crippen molar-refractivity contribution in [3.05, 3.63) is 36.4 Å². The normalized spacial score (nSPS) is 13.0. The first-order valence-corrected chi connectivity index (χ1v) is 4.23. The zero-order valence-corrected chi connectivity index (χ0v) is 6.46. The van der Waals surface area contributed by atoms with Crippen molar-refractivity contribution >= 4 is 0 Å². The van der Waals surface area contributed by atoms with Crippen LogP contribution < -0.4 is 0 Å². The van der Waals surface area contributed by atoms with Crippen LogP contribution in [0.15, 0.2) is 36.4 Å². The molecule has 0 nitrogen and oxygen atoms in total. The number of hydrogen-bond acceptors (Lipinski definition) is 0.